The molecule has 14 heteroatoms. The van der Waals surface area contributed by atoms with Gasteiger partial charge in [-0.15, -0.1) is 0 Å². The lowest BCUT2D eigenvalue weighted by Crippen LogP contribution is -2.43. The van der Waals surface area contributed by atoms with Crippen molar-refractivity contribution < 1.29 is 37.0 Å². The SMILES string of the molecule is O=C(OC(=O)C(F)(F)F)[C@@H]1CCCN1C(=O)c1ccc(-c2c(/C=C/c3ccc4ccccc4n3)nc3c(N4CCOCC4)ccnn23)cc1. The standard InChI is InChI=1S/C35H29F3N6O5/c36-35(37,38)34(47)49-33(46)29-6-3-17-43(29)32(45)24-9-7-23(8-10-24)30-27(14-13-25-12-11-22-4-1-2-5-26(22)40-25)41-31-28(15-16-39-44(30)31)42-18-20-48-21-19-42/h1-2,4-5,7-16,29H,3,6,17-21H2/b14-13+/t29-/m0/s1. The molecule has 5 aromatic rings. The van der Waals surface area contributed by atoms with Crippen molar-refractivity contribution in [2.24, 2.45) is 0 Å². The number of para-hydroxylation sites is 1. The predicted octanol–water partition coefficient (Wildman–Crippen LogP) is 5.19. The second-order valence-corrected chi connectivity index (χ2v) is 11.6. The minimum Gasteiger partial charge on any atom is -0.385 e. The van der Waals surface area contributed by atoms with Crippen LogP contribution in [0.15, 0.2) is 72.9 Å². The number of amides is 1. The zero-order chi connectivity index (χ0) is 34.1. The van der Waals surface area contributed by atoms with Gasteiger partial charge in [-0.2, -0.15) is 18.3 Å². The number of alkyl halides is 3. The van der Waals surface area contributed by atoms with Crippen LogP contribution in [0.2, 0.25) is 0 Å². The number of aromatic nitrogens is 4. The number of hydrogen-bond donors (Lipinski definition) is 0. The summed E-state index contributed by atoms with van der Waals surface area (Å²) in [6.07, 6.45) is 0.565. The first-order chi connectivity index (χ1) is 23.7. The minimum absolute atomic E-state index is 0.0779. The van der Waals surface area contributed by atoms with Gasteiger partial charge in [-0.3, -0.25) is 4.79 Å². The van der Waals surface area contributed by atoms with Crippen LogP contribution in [-0.4, -0.2) is 87.4 Å². The van der Waals surface area contributed by atoms with Crippen LogP contribution in [0.3, 0.4) is 0 Å². The lowest BCUT2D eigenvalue weighted by molar-refractivity contribution is -0.203. The van der Waals surface area contributed by atoms with E-state index in [4.69, 9.17) is 14.7 Å². The van der Waals surface area contributed by atoms with Crippen LogP contribution in [0.1, 0.15) is 34.6 Å². The number of halogens is 3. The van der Waals surface area contributed by atoms with Crippen LogP contribution in [0.5, 0.6) is 0 Å². The molecule has 0 spiro atoms. The Morgan fingerprint density at radius 1 is 0.898 bits per heavy atom. The molecular formula is C35H29F3N6O5. The largest absolute Gasteiger partial charge is 0.491 e. The summed E-state index contributed by atoms with van der Waals surface area (Å²) in [6.45, 7) is 2.69. The number of carbonyl (C=O) groups excluding carboxylic acids is 3. The lowest BCUT2D eigenvalue weighted by atomic mass is 10.1. The zero-order valence-electron chi connectivity index (χ0n) is 26.0. The monoisotopic (exact) mass is 670 g/mol. The third-order valence-corrected chi connectivity index (χ3v) is 8.52. The van der Waals surface area contributed by atoms with E-state index in [0.717, 1.165) is 27.2 Å². The van der Waals surface area contributed by atoms with Gasteiger partial charge >= 0.3 is 18.1 Å². The average Bonchev–Trinajstić information content (AvgIpc) is 3.76. The molecular weight excluding hydrogens is 641 g/mol. The molecule has 2 saturated heterocycles. The van der Waals surface area contributed by atoms with Gasteiger partial charge < -0.3 is 19.3 Å². The number of imidazole rings is 1. The molecule has 0 saturated carbocycles. The van der Waals surface area contributed by atoms with Gasteiger partial charge in [0.15, 0.2) is 5.65 Å². The van der Waals surface area contributed by atoms with Crippen molar-refractivity contribution in [2.45, 2.75) is 25.1 Å². The van der Waals surface area contributed by atoms with Gasteiger partial charge in [0.2, 0.25) is 0 Å². The first-order valence-corrected chi connectivity index (χ1v) is 15.7. The maximum Gasteiger partial charge on any atom is 0.491 e. The summed E-state index contributed by atoms with van der Waals surface area (Å²) >= 11 is 0. The van der Waals surface area contributed by atoms with E-state index in [2.05, 4.69) is 14.7 Å². The summed E-state index contributed by atoms with van der Waals surface area (Å²) in [4.78, 5) is 50.2. The number of likely N-dealkylation sites (tertiary alicyclic amines) is 1. The summed E-state index contributed by atoms with van der Waals surface area (Å²) in [7, 11) is 0. The third kappa shape index (κ3) is 6.46. The first kappa shape index (κ1) is 31.9. The smallest absolute Gasteiger partial charge is 0.385 e. The van der Waals surface area contributed by atoms with Gasteiger partial charge in [-0.25, -0.2) is 24.1 Å². The molecule has 0 N–H and O–H groups in total. The van der Waals surface area contributed by atoms with Crippen LogP contribution in [0, 0.1) is 0 Å². The Kier molecular flexibility index (Phi) is 8.55. The van der Waals surface area contributed by atoms with Crippen LogP contribution in [0.4, 0.5) is 18.9 Å². The van der Waals surface area contributed by atoms with Crippen molar-refractivity contribution in [3.63, 3.8) is 0 Å². The van der Waals surface area contributed by atoms with Crippen LogP contribution in [-0.2, 0) is 19.1 Å². The number of rotatable bonds is 6. The summed E-state index contributed by atoms with van der Waals surface area (Å²) in [5.41, 5.74) is 5.29. The third-order valence-electron chi connectivity index (χ3n) is 8.52. The molecule has 2 aliphatic rings. The molecule has 2 aromatic carbocycles. The molecule has 250 valence electrons. The molecule has 0 unspecified atom stereocenters. The highest BCUT2D eigenvalue weighted by atomic mass is 19.4. The second-order valence-electron chi connectivity index (χ2n) is 11.6. The van der Waals surface area contributed by atoms with Crippen molar-refractivity contribution in [3.05, 3.63) is 89.9 Å². The van der Waals surface area contributed by atoms with Crippen LogP contribution >= 0.6 is 0 Å². The predicted molar refractivity (Wildman–Crippen MR) is 173 cm³/mol. The van der Waals surface area contributed by atoms with Crippen molar-refractivity contribution in [3.8, 4) is 11.3 Å². The maximum absolute atomic E-state index is 13.4. The Morgan fingerprint density at radius 3 is 2.45 bits per heavy atom. The van der Waals surface area contributed by atoms with E-state index in [1.807, 2.05) is 54.6 Å². The Balaban J connectivity index is 1.22. The van der Waals surface area contributed by atoms with Crippen molar-refractivity contribution in [2.75, 3.05) is 37.7 Å². The second kappa shape index (κ2) is 13.1. The molecule has 1 amide bonds. The Bertz CT molecular complexity index is 2090. The number of fused-ring (bicyclic) bond motifs is 2. The highest BCUT2D eigenvalue weighted by Gasteiger charge is 2.45. The van der Waals surface area contributed by atoms with E-state index < -0.39 is 30.1 Å². The molecule has 49 heavy (non-hydrogen) atoms. The number of nitrogens with zero attached hydrogens (tertiary/aromatic N) is 6. The molecule has 0 bridgehead atoms. The number of ether oxygens (including phenoxy) is 2. The van der Waals surface area contributed by atoms with E-state index in [9.17, 15) is 27.6 Å². The van der Waals surface area contributed by atoms with E-state index in [0.29, 0.717) is 55.3 Å². The van der Waals surface area contributed by atoms with E-state index in [1.54, 1.807) is 35.0 Å². The zero-order valence-corrected chi connectivity index (χ0v) is 26.0. The van der Waals surface area contributed by atoms with E-state index in [-0.39, 0.29) is 18.5 Å². The number of hydrogen-bond acceptors (Lipinski definition) is 9. The highest BCUT2D eigenvalue weighted by molar-refractivity contribution is 5.99. The van der Waals surface area contributed by atoms with E-state index >= 15 is 0 Å². The van der Waals surface area contributed by atoms with E-state index in [1.165, 1.54) is 0 Å². The average molecular weight is 671 g/mol. The molecule has 2 fully saturated rings. The number of carbonyl (C=O) groups is 3. The van der Waals surface area contributed by atoms with Gasteiger partial charge in [-0.05, 0) is 55.3 Å². The minimum atomic E-state index is -5.32. The summed E-state index contributed by atoms with van der Waals surface area (Å²) in [6, 6.07) is 19.0. The molecule has 2 aliphatic heterocycles. The highest BCUT2D eigenvalue weighted by Crippen LogP contribution is 2.32. The first-order valence-electron chi connectivity index (χ1n) is 15.7. The maximum atomic E-state index is 13.4. The molecule has 0 radical (unpaired) electrons. The number of benzene rings is 2. The Labute approximate surface area is 277 Å². The topological polar surface area (TPSA) is 119 Å². The number of pyridine rings is 1. The van der Waals surface area contributed by atoms with Gasteiger partial charge in [0, 0.05) is 36.1 Å². The summed E-state index contributed by atoms with van der Waals surface area (Å²) in [5.74, 6) is -4.59. The fourth-order valence-corrected chi connectivity index (χ4v) is 6.14. The molecule has 0 aliphatic carbocycles. The summed E-state index contributed by atoms with van der Waals surface area (Å²) < 4.78 is 49.3. The lowest BCUT2D eigenvalue weighted by Gasteiger charge is -2.28. The van der Waals surface area contributed by atoms with Gasteiger partial charge in [0.25, 0.3) is 5.91 Å². The quantitative estimate of drug-likeness (QED) is 0.178. The number of morpholine rings is 1. The van der Waals surface area contributed by atoms with Gasteiger partial charge in [0.1, 0.15) is 11.7 Å². The number of anilines is 1. The number of esters is 2. The normalized spacial score (nSPS) is 16.9. The van der Waals surface area contributed by atoms with Crippen LogP contribution < -0.4 is 4.90 Å². The van der Waals surface area contributed by atoms with Crippen LogP contribution in [0.25, 0.3) is 40.0 Å². The molecule has 7 rings (SSSR count). The van der Waals surface area contributed by atoms with Crippen molar-refractivity contribution in [1.82, 2.24) is 24.5 Å². The Hall–Kier alpha value is -5.63. The van der Waals surface area contributed by atoms with Crippen molar-refractivity contribution >= 4 is 52.2 Å². The summed E-state index contributed by atoms with van der Waals surface area (Å²) in [5, 5.41) is 5.66. The van der Waals surface area contributed by atoms with Gasteiger partial charge in [0.05, 0.1) is 42.0 Å². The molecule has 5 heterocycles. The Morgan fingerprint density at radius 2 is 1.67 bits per heavy atom. The fraction of sp³-hybridized carbons (Fsp3) is 0.257. The molecule has 11 nitrogen and oxygen atoms in total. The molecule has 3 aromatic heterocycles. The molecule has 1 atom stereocenters. The van der Waals surface area contributed by atoms with Crippen molar-refractivity contribution in [1.29, 1.82) is 0 Å². The fourth-order valence-electron chi connectivity index (χ4n) is 6.14. The van der Waals surface area contributed by atoms with Gasteiger partial charge in [-0.1, -0.05) is 36.4 Å².